The molecule has 1 aromatic carbocycles. The number of nitrogens with zero attached hydrogens (tertiary/aromatic N) is 2. The molecule has 0 bridgehead atoms. The molecule has 0 amide bonds. The van der Waals surface area contributed by atoms with Gasteiger partial charge in [-0.15, -0.1) is 0 Å². The molecule has 6 heteroatoms. The van der Waals surface area contributed by atoms with Gasteiger partial charge in [0, 0.05) is 5.56 Å². The standard InChI is InChI=1S/C17H11N3O3/c18-9-11-13(12-7-4-8-21-12)14-15(10-5-2-1-3-6-10)20-23-17(14)22-16(11)19/h1-8,13H,19H2/t13-/m1/s1. The number of rotatable bonds is 2. The summed E-state index contributed by atoms with van der Waals surface area (Å²) in [7, 11) is 0. The summed E-state index contributed by atoms with van der Waals surface area (Å²) in [4.78, 5) is 0. The van der Waals surface area contributed by atoms with Crippen molar-refractivity contribution >= 4 is 0 Å². The summed E-state index contributed by atoms with van der Waals surface area (Å²) in [5.74, 6) is 0.244. The fourth-order valence-corrected chi connectivity index (χ4v) is 2.72. The topological polar surface area (TPSA) is 98.2 Å². The van der Waals surface area contributed by atoms with Crippen LogP contribution in [0, 0.1) is 11.3 Å². The highest BCUT2D eigenvalue weighted by Crippen LogP contribution is 2.46. The molecular formula is C17H11N3O3. The number of furan rings is 1. The number of fused-ring (bicyclic) bond motifs is 1. The van der Waals surface area contributed by atoms with Crippen LogP contribution in [0.3, 0.4) is 0 Å². The predicted octanol–water partition coefficient (Wildman–Crippen LogP) is 3.15. The number of allylic oxidation sites excluding steroid dienone is 1. The molecule has 112 valence electrons. The van der Waals surface area contributed by atoms with Gasteiger partial charge in [0.15, 0.2) is 0 Å². The highest BCUT2D eigenvalue weighted by Gasteiger charge is 2.38. The Balaban J connectivity index is 1.96. The van der Waals surface area contributed by atoms with Gasteiger partial charge < -0.3 is 19.4 Å². The molecule has 2 N–H and O–H groups in total. The van der Waals surface area contributed by atoms with E-state index in [1.54, 1.807) is 18.4 Å². The minimum atomic E-state index is -0.514. The molecule has 1 aliphatic rings. The molecule has 0 aliphatic carbocycles. The molecular weight excluding hydrogens is 294 g/mol. The van der Waals surface area contributed by atoms with Crippen LogP contribution in [0.15, 0.2) is 69.1 Å². The zero-order chi connectivity index (χ0) is 15.8. The fraction of sp³-hybridized carbons (Fsp3) is 0.0588. The van der Waals surface area contributed by atoms with Gasteiger partial charge in [0.05, 0.1) is 17.7 Å². The lowest BCUT2D eigenvalue weighted by atomic mass is 9.87. The van der Waals surface area contributed by atoms with E-state index in [2.05, 4.69) is 11.2 Å². The maximum absolute atomic E-state index is 9.49. The van der Waals surface area contributed by atoms with Crippen LogP contribution in [-0.2, 0) is 0 Å². The highest BCUT2D eigenvalue weighted by molar-refractivity contribution is 5.69. The van der Waals surface area contributed by atoms with Crippen molar-refractivity contribution in [3.63, 3.8) is 0 Å². The van der Waals surface area contributed by atoms with Gasteiger partial charge in [-0.25, -0.2) is 0 Å². The van der Waals surface area contributed by atoms with Gasteiger partial charge in [-0.3, -0.25) is 0 Å². The summed E-state index contributed by atoms with van der Waals surface area (Å²) in [6.07, 6.45) is 1.55. The molecule has 0 spiro atoms. The van der Waals surface area contributed by atoms with Crippen molar-refractivity contribution in [2.75, 3.05) is 0 Å². The van der Waals surface area contributed by atoms with Crippen molar-refractivity contribution in [2.45, 2.75) is 5.92 Å². The predicted molar refractivity (Wildman–Crippen MR) is 79.9 cm³/mol. The molecule has 1 aliphatic heterocycles. The van der Waals surface area contributed by atoms with Crippen LogP contribution in [0.25, 0.3) is 11.3 Å². The first kappa shape index (κ1) is 13.2. The van der Waals surface area contributed by atoms with Crippen molar-refractivity contribution in [3.05, 3.63) is 71.5 Å². The molecule has 23 heavy (non-hydrogen) atoms. The molecule has 0 radical (unpaired) electrons. The minimum absolute atomic E-state index is 0.00263. The number of ether oxygens (including phenoxy) is 1. The van der Waals surface area contributed by atoms with Crippen molar-refractivity contribution in [1.82, 2.24) is 5.16 Å². The van der Waals surface area contributed by atoms with E-state index in [-0.39, 0.29) is 17.4 Å². The lowest BCUT2D eigenvalue weighted by molar-refractivity contribution is 0.253. The third kappa shape index (κ3) is 1.99. The second-order valence-corrected chi connectivity index (χ2v) is 5.04. The van der Waals surface area contributed by atoms with Crippen molar-refractivity contribution in [3.8, 4) is 23.3 Å². The maximum atomic E-state index is 9.49. The van der Waals surface area contributed by atoms with Gasteiger partial charge in [0.25, 0.3) is 0 Å². The molecule has 0 fully saturated rings. The Morgan fingerprint density at radius 1 is 1.13 bits per heavy atom. The number of hydrogen-bond acceptors (Lipinski definition) is 6. The smallest absolute Gasteiger partial charge is 0.322 e. The van der Waals surface area contributed by atoms with E-state index in [0.29, 0.717) is 17.0 Å². The van der Waals surface area contributed by atoms with E-state index in [0.717, 1.165) is 5.56 Å². The molecule has 1 atom stereocenters. The van der Waals surface area contributed by atoms with Crippen molar-refractivity contribution in [1.29, 1.82) is 5.26 Å². The Labute approximate surface area is 131 Å². The van der Waals surface area contributed by atoms with E-state index in [4.69, 9.17) is 19.4 Å². The molecule has 0 saturated heterocycles. The Bertz CT molecular complexity index is 918. The molecule has 0 saturated carbocycles. The Kier molecular flexibility index (Phi) is 2.91. The second-order valence-electron chi connectivity index (χ2n) is 5.04. The van der Waals surface area contributed by atoms with Crippen LogP contribution in [0.1, 0.15) is 17.2 Å². The molecule has 3 heterocycles. The summed E-state index contributed by atoms with van der Waals surface area (Å²) < 4.78 is 16.2. The van der Waals surface area contributed by atoms with Crippen LogP contribution in [0.5, 0.6) is 5.95 Å². The molecule has 4 rings (SSSR count). The summed E-state index contributed by atoms with van der Waals surface area (Å²) in [5.41, 5.74) is 8.22. The van der Waals surface area contributed by atoms with Gasteiger partial charge in [-0.05, 0) is 12.1 Å². The van der Waals surface area contributed by atoms with E-state index in [1.807, 2.05) is 30.3 Å². The van der Waals surface area contributed by atoms with Gasteiger partial charge in [-0.2, -0.15) is 5.26 Å². The summed E-state index contributed by atoms with van der Waals surface area (Å²) in [6, 6.07) is 15.2. The fourth-order valence-electron chi connectivity index (χ4n) is 2.72. The quantitative estimate of drug-likeness (QED) is 0.781. The maximum Gasteiger partial charge on any atom is 0.322 e. The lowest BCUT2D eigenvalue weighted by Crippen LogP contribution is -2.20. The highest BCUT2D eigenvalue weighted by atomic mass is 16.6. The molecule has 6 nitrogen and oxygen atoms in total. The first-order valence-corrected chi connectivity index (χ1v) is 6.95. The Morgan fingerprint density at radius 3 is 2.65 bits per heavy atom. The summed E-state index contributed by atoms with van der Waals surface area (Å²) in [6.45, 7) is 0. The second kappa shape index (κ2) is 5.07. The average molecular weight is 305 g/mol. The van der Waals surface area contributed by atoms with Crippen LogP contribution < -0.4 is 10.5 Å². The Morgan fingerprint density at radius 2 is 1.96 bits per heavy atom. The van der Waals surface area contributed by atoms with Crippen LogP contribution in [-0.4, -0.2) is 5.16 Å². The minimum Gasteiger partial charge on any atom is -0.468 e. The number of benzene rings is 1. The SMILES string of the molecule is N#CC1=C(N)Oc2onc(-c3ccccc3)c2[C@H]1c1ccco1. The van der Waals surface area contributed by atoms with Gasteiger partial charge in [0.2, 0.25) is 5.88 Å². The summed E-state index contributed by atoms with van der Waals surface area (Å²) >= 11 is 0. The third-order valence-corrected chi connectivity index (χ3v) is 3.74. The molecule has 0 unspecified atom stereocenters. The van der Waals surface area contributed by atoms with Crippen LogP contribution >= 0.6 is 0 Å². The first-order chi connectivity index (χ1) is 11.3. The van der Waals surface area contributed by atoms with E-state index in [9.17, 15) is 5.26 Å². The largest absolute Gasteiger partial charge is 0.468 e. The number of nitrogens with two attached hydrogens (primary N) is 1. The van der Waals surface area contributed by atoms with E-state index in [1.165, 1.54) is 0 Å². The normalized spacial score (nSPS) is 16.6. The summed E-state index contributed by atoms with van der Waals surface area (Å²) in [5, 5.41) is 13.6. The van der Waals surface area contributed by atoms with Crippen LogP contribution in [0.2, 0.25) is 0 Å². The zero-order valence-electron chi connectivity index (χ0n) is 11.9. The van der Waals surface area contributed by atoms with Crippen LogP contribution in [0.4, 0.5) is 0 Å². The molecule has 3 aromatic rings. The Hall–Kier alpha value is -3.46. The van der Waals surface area contributed by atoms with E-state index >= 15 is 0 Å². The number of hydrogen-bond donors (Lipinski definition) is 1. The lowest BCUT2D eigenvalue weighted by Gasteiger charge is -2.20. The number of nitriles is 1. The van der Waals surface area contributed by atoms with Gasteiger partial charge >= 0.3 is 5.95 Å². The monoisotopic (exact) mass is 305 g/mol. The van der Waals surface area contributed by atoms with Crippen molar-refractivity contribution < 1.29 is 13.7 Å². The van der Waals surface area contributed by atoms with Gasteiger partial charge in [0.1, 0.15) is 23.1 Å². The van der Waals surface area contributed by atoms with E-state index < -0.39 is 5.92 Å². The van der Waals surface area contributed by atoms with Crippen molar-refractivity contribution in [2.24, 2.45) is 5.73 Å². The molecule has 2 aromatic heterocycles. The first-order valence-electron chi connectivity index (χ1n) is 6.95. The van der Waals surface area contributed by atoms with Gasteiger partial charge in [-0.1, -0.05) is 35.5 Å². The third-order valence-electron chi connectivity index (χ3n) is 3.74. The average Bonchev–Trinajstić information content (AvgIpc) is 3.24. The zero-order valence-corrected chi connectivity index (χ0v) is 11.9. The number of aromatic nitrogens is 1.